The highest BCUT2D eigenvalue weighted by Crippen LogP contribution is 2.20. The minimum atomic E-state index is -1.15. The molecule has 2 N–H and O–H groups in total. The van der Waals surface area contributed by atoms with Crippen LogP contribution in [0.2, 0.25) is 0 Å². The molecule has 0 bridgehead atoms. The van der Waals surface area contributed by atoms with E-state index in [2.05, 4.69) is 0 Å². The monoisotopic (exact) mass is 442 g/mol. The van der Waals surface area contributed by atoms with E-state index in [0.29, 0.717) is 12.8 Å². The molecule has 0 aliphatic carbocycles. The van der Waals surface area contributed by atoms with Gasteiger partial charge in [-0.2, -0.15) is 0 Å². The number of carboxylic acids is 2. The number of rotatable bonds is 13. The first-order valence-electron chi connectivity index (χ1n) is 10.4. The van der Waals surface area contributed by atoms with Crippen LogP contribution in [0.5, 0.6) is 11.5 Å². The van der Waals surface area contributed by atoms with Gasteiger partial charge in [0.15, 0.2) is 0 Å². The third kappa shape index (κ3) is 8.22. The molecule has 2 aromatic rings. The highest BCUT2D eigenvalue weighted by atomic mass is 16.5. The molecule has 0 atom stereocenters. The minimum absolute atomic E-state index is 0.0443. The molecule has 0 aromatic heterocycles. The lowest BCUT2D eigenvalue weighted by molar-refractivity contribution is -0.135. The van der Waals surface area contributed by atoms with Crippen LogP contribution in [0.15, 0.2) is 48.5 Å². The lowest BCUT2D eigenvalue weighted by Crippen LogP contribution is -2.11. The van der Waals surface area contributed by atoms with Gasteiger partial charge in [-0.1, -0.05) is 49.9 Å². The summed E-state index contributed by atoms with van der Waals surface area (Å²) in [6.07, 6.45) is 5.04. The molecular formula is C24H26O8. The SMILES string of the molecule is O=C(CCCCCCCCC(=O)Oc1ccccc1C(=O)O)Oc1ccccc1C(=O)O. The van der Waals surface area contributed by atoms with E-state index in [1.165, 1.54) is 24.3 Å². The van der Waals surface area contributed by atoms with Gasteiger partial charge in [0.05, 0.1) is 0 Å². The van der Waals surface area contributed by atoms with Crippen molar-refractivity contribution in [3.8, 4) is 11.5 Å². The van der Waals surface area contributed by atoms with Crippen LogP contribution in [0.25, 0.3) is 0 Å². The van der Waals surface area contributed by atoms with Crippen molar-refractivity contribution in [3.63, 3.8) is 0 Å². The third-order valence-electron chi connectivity index (χ3n) is 4.69. The molecule has 8 nitrogen and oxygen atoms in total. The molecule has 0 saturated carbocycles. The van der Waals surface area contributed by atoms with Crippen molar-refractivity contribution < 1.29 is 38.9 Å². The van der Waals surface area contributed by atoms with Crippen molar-refractivity contribution in [2.75, 3.05) is 0 Å². The second kappa shape index (κ2) is 12.9. The summed E-state index contributed by atoms with van der Waals surface area (Å²) in [4.78, 5) is 46.1. The number of carboxylic acid groups (broad SMARTS) is 2. The maximum atomic E-state index is 11.9. The Balaban J connectivity index is 1.56. The fraction of sp³-hybridized carbons (Fsp3) is 0.333. The second-order valence-corrected chi connectivity index (χ2v) is 7.17. The van der Waals surface area contributed by atoms with E-state index in [1.54, 1.807) is 24.3 Å². The highest BCUT2D eigenvalue weighted by molar-refractivity contribution is 5.92. The van der Waals surface area contributed by atoms with Crippen LogP contribution in [0.4, 0.5) is 0 Å². The number of aromatic carboxylic acids is 2. The number of hydrogen-bond acceptors (Lipinski definition) is 6. The second-order valence-electron chi connectivity index (χ2n) is 7.17. The fourth-order valence-electron chi connectivity index (χ4n) is 3.06. The number of esters is 2. The Hall–Kier alpha value is -3.68. The van der Waals surface area contributed by atoms with Crippen molar-refractivity contribution in [1.29, 1.82) is 0 Å². The normalized spacial score (nSPS) is 10.4. The molecule has 0 amide bonds. The smallest absolute Gasteiger partial charge is 0.339 e. The molecule has 0 radical (unpaired) electrons. The Morgan fingerprint density at radius 3 is 1.28 bits per heavy atom. The predicted molar refractivity (Wildman–Crippen MR) is 115 cm³/mol. The maximum absolute atomic E-state index is 11.9. The van der Waals surface area contributed by atoms with Gasteiger partial charge in [-0.25, -0.2) is 9.59 Å². The zero-order valence-electron chi connectivity index (χ0n) is 17.6. The average Bonchev–Trinajstić information content (AvgIpc) is 2.76. The van der Waals surface area contributed by atoms with E-state index >= 15 is 0 Å². The quantitative estimate of drug-likeness (QED) is 0.259. The van der Waals surface area contributed by atoms with Crippen LogP contribution in [-0.4, -0.2) is 34.1 Å². The van der Waals surface area contributed by atoms with Crippen LogP contribution in [0, 0.1) is 0 Å². The van der Waals surface area contributed by atoms with Crippen molar-refractivity contribution in [2.45, 2.75) is 51.4 Å². The Morgan fingerprint density at radius 1 is 0.562 bits per heavy atom. The van der Waals surface area contributed by atoms with E-state index in [9.17, 15) is 19.2 Å². The summed E-state index contributed by atoms with van der Waals surface area (Å²) in [7, 11) is 0. The molecule has 0 heterocycles. The lowest BCUT2D eigenvalue weighted by atomic mass is 10.1. The summed E-state index contributed by atoms with van der Waals surface area (Å²) >= 11 is 0. The largest absolute Gasteiger partial charge is 0.478 e. The predicted octanol–water partition coefficient (Wildman–Crippen LogP) is 4.71. The van der Waals surface area contributed by atoms with Crippen LogP contribution in [0.1, 0.15) is 72.1 Å². The van der Waals surface area contributed by atoms with Crippen LogP contribution >= 0.6 is 0 Å². The highest BCUT2D eigenvalue weighted by Gasteiger charge is 2.14. The summed E-state index contributed by atoms with van der Waals surface area (Å²) in [5, 5.41) is 18.2. The Labute approximate surface area is 185 Å². The van der Waals surface area contributed by atoms with Crippen molar-refractivity contribution >= 4 is 23.9 Å². The molecule has 2 rings (SSSR count). The zero-order valence-corrected chi connectivity index (χ0v) is 17.6. The summed E-state index contributed by atoms with van der Waals surface area (Å²) in [6.45, 7) is 0. The van der Waals surface area contributed by atoms with Crippen LogP contribution in [0.3, 0.4) is 0 Å². The minimum Gasteiger partial charge on any atom is -0.478 e. The van der Waals surface area contributed by atoms with E-state index in [4.69, 9.17) is 19.7 Å². The molecule has 0 saturated heterocycles. The van der Waals surface area contributed by atoms with Crippen molar-refractivity contribution in [2.24, 2.45) is 0 Å². The molecule has 0 unspecified atom stereocenters. The van der Waals surface area contributed by atoms with Gasteiger partial charge in [0.25, 0.3) is 0 Å². The fourth-order valence-corrected chi connectivity index (χ4v) is 3.06. The average molecular weight is 442 g/mol. The van der Waals surface area contributed by atoms with Gasteiger partial charge in [-0.15, -0.1) is 0 Å². The Kier molecular flexibility index (Phi) is 9.90. The maximum Gasteiger partial charge on any atom is 0.339 e. The van der Waals surface area contributed by atoms with Crippen LogP contribution in [-0.2, 0) is 9.59 Å². The van der Waals surface area contributed by atoms with Gasteiger partial charge < -0.3 is 19.7 Å². The van der Waals surface area contributed by atoms with Crippen molar-refractivity contribution in [1.82, 2.24) is 0 Å². The van der Waals surface area contributed by atoms with Gasteiger partial charge in [0, 0.05) is 12.8 Å². The molecule has 0 aliphatic heterocycles. The Morgan fingerprint density at radius 2 is 0.906 bits per heavy atom. The van der Waals surface area contributed by atoms with E-state index in [-0.39, 0.29) is 35.5 Å². The van der Waals surface area contributed by atoms with Gasteiger partial charge in [0.2, 0.25) is 0 Å². The number of para-hydroxylation sites is 2. The topological polar surface area (TPSA) is 127 Å². The number of unbranched alkanes of at least 4 members (excludes halogenated alkanes) is 5. The number of benzene rings is 2. The third-order valence-corrected chi connectivity index (χ3v) is 4.69. The van der Waals surface area contributed by atoms with E-state index in [1.807, 2.05) is 0 Å². The van der Waals surface area contributed by atoms with Gasteiger partial charge in [-0.3, -0.25) is 9.59 Å². The first-order chi connectivity index (χ1) is 15.4. The summed E-state index contributed by atoms with van der Waals surface area (Å²) in [5.74, 6) is -3.15. The lowest BCUT2D eigenvalue weighted by Gasteiger charge is -2.07. The first-order valence-corrected chi connectivity index (χ1v) is 10.4. The van der Waals surface area contributed by atoms with E-state index < -0.39 is 23.9 Å². The molecule has 32 heavy (non-hydrogen) atoms. The van der Waals surface area contributed by atoms with Crippen LogP contribution < -0.4 is 9.47 Å². The van der Waals surface area contributed by atoms with Gasteiger partial charge >= 0.3 is 23.9 Å². The Bertz CT molecular complexity index is 873. The van der Waals surface area contributed by atoms with Crippen molar-refractivity contribution in [3.05, 3.63) is 59.7 Å². The van der Waals surface area contributed by atoms with Gasteiger partial charge in [0.1, 0.15) is 22.6 Å². The molecule has 2 aromatic carbocycles. The summed E-state index contributed by atoms with van der Waals surface area (Å²) < 4.78 is 10.3. The number of hydrogen-bond donors (Lipinski definition) is 2. The zero-order chi connectivity index (χ0) is 23.3. The molecule has 0 fully saturated rings. The number of carbonyl (C=O) groups is 4. The molecule has 8 heteroatoms. The molecule has 0 spiro atoms. The number of carbonyl (C=O) groups excluding carboxylic acids is 2. The number of ether oxygens (including phenoxy) is 2. The van der Waals surface area contributed by atoms with Gasteiger partial charge in [-0.05, 0) is 37.1 Å². The molecular weight excluding hydrogens is 416 g/mol. The first kappa shape index (κ1) is 24.6. The molecule has 0 aliphatic rings. The standard InChI is InChI=1S/C24H26O8/c25-21(31-19-13-9-7-11-17(19)23(27)28)15-5-3-1-2-4-6-16-22(26)32-20-14-10-8-12-18(20)24(29)30/h7-14H,1-6,15-16H2,(H,27,28)(H,29,30). The molecule has 170 valence electrons. The summed E-state index contributed by atoms with van der Waals surface area (Å²) in [5.41, 5.74) is -0.100. The summed E-state index contributed by atoms with van der Waals surface area (Å²) in [6, 6.07) is 12.0. The van der Waals surface area contributed by atoms with E-state index in [0.717, 1.165) is 25.7 Å².